The molecule has 6 heteroatoms. The Labute approximate surface area is 136 Å². The summed E-state index contributed by atoms with van der Waals surface area (Å²) in [4.78, 5) is 0. The van der Waals surface area contributed by atoms with E-state index in [0.717, 1.165) is 11.3 Å². The zero-order chi connectivity index (χ0) is 15.4. The van der Waals surface area contributed by atoms with Crippen LogP contribution in [-0.4, -0.2) is 14.2 Å². The smallest absolute Gasteiger partial charge is 0.143 e. The SMILES string of the molecule is COc1cc(NCc2cccc(F)c2Br)c(OC)cc1Cl. The molecule has 0 aromatic heterocycles. The molecule has 0 saturated carbocycles. The third kappa shape index (κ3) is 3.60. The highest BCUT2D eigenvalue weighted by Crippen LogP contribution is 2.36. The number of methoxy groups -OCH3 is 2. The summed E-state index contributed by atoms with van der Waals surface area (Å²) < 4.78 is 24.4. The van der Waals surface area contributed by atoms with Crippen LogP contribution >= 0.6 is 27.5 Å². The number of hydrogen-bond acceptors (Lipinski definition) is 3. The first-order valence-corrected chi connectivity index (χ1v) is 7.32. The molecular formula is C15H14BrClFNO2. The molecule has 0 spiro atoms. The van der Waals surface area contributed by atoms with Gasteiger partial charge in [0.25, 0.3) is 0 Å². The van der Waals surface area contributed by atoms with Gasteiger partial charge in [-0.3, -0.25) is 0 Å². The van der Waals surface area contributed by atoms with Gasteiger partial charge in [0.15, 0.2) is 0 Å². The fourth-order valence-corrected chi connectivity index (χ4v) is 2.51. The van der Waals surface area contributed by atoms with Gasteiger partial charge in [0.2, 0.25) is 0 Å². The van der Waals surface area contributed by atoms with Crippen LogP contribution in [0.5, 0.6) is 11.5 Å². The molecule has 0 heterocycles. The van der Waals surface area contributed by atoms with Crippen LogP contribution in [0.15, 0.2) is 34.8 Å². The molecule has 0 amide bonds. The first-order valence-electron chi connectivity index (χ1n) is 6.15. The normalized spacial score (nSPS) is 10.3. The van der Waals surface area contributed by atoms with Crippen LogP contribution in [-0.2, 0) is 6.54 Å². The van der Waals surface area contributed by atoms with Crippen molar-refractivity contribution in [2.75, 3.05) is 19.5 Å². The summed E-state index contributed by atoms with van der Waals surface area (Å²) in [6.07, 6.45) is 0. The molecule has 0 aliphatic heterocycles. The predicted octanol–water partition coefficient (Wildman–Crippen LogP) is 4.87. The number of nitrogens with one attached hydrogen (secondary N) is 1. The third-order valence-corrected chi connectivity index (χ3v) is 4.16. The van der Waals surface area contributed by atoms with E-state index < -0.39 is 0 Å². The highest BCUT2D eigenvalue weighted by molar-refractivity contribution is 9.10. The third-order valence-electron chi connectivity index (χ3n) is 2.97. The van der Waals surface area contributed by atoms with E-state index in [1.54, 1.807) is 32.4 Å². The van der Waals surface area contributed by atoms with Crippen molar-refractivity contribution in [2.24, 2.45) is 0 Å². The van der Waals surface area contributed by atoms with Crippen LogP contribution in [0, 0.1) is 5.82 Å². The minimum Gasteiger partial charge on any atom is -0.495 e. The summed E-state index contributed by atoms with van der Waals surface area (Å²) in [6.45, 7) is 0.430. The molecule has 0 saturated heterocycles. The molecule has 0 aliphatic rings. The topological polar surface area (TPSA) is 30.5 Å². The van der Waals surface area contributed by atoms with Gasteiger partial charge in [-0.2, -0.15) is 0 Å². The van der Waals surface area contributed by atoms with E-state index >= 15 is 0 Å². The lowest BCUT2D eigenvalue weighted by Gasteiger charge is -2.14. The lowest BCUT2D eigenvalue weighted by Crippen LogP contribution is -2.03. The van der Waals surface area contributed by atoms with E-state index in [1.165, 1.54) is 6.07 Å². The second-order valence-electron chi connectivity index (χ2n) is 4.25. The largest absolute Gasteiger partial charge is 0.495 e. The summed E-state index contributed by atoms with van der Waals surface area (Å²) in [6, 6.07) is 8.31. The monoisotopic (exact) mass is 373 g/mol. The molecule has 0 unspecified atom stereocenters. The van der Waals surface area contributed by atoms with Gasteiger partial charge in [-0.05, 0) is 27.6 Å². The quantitative estimate of drug-likeness (QED) is 0.810. The van der Waals surface area contributed by atoms with E-state index in [0.29, 0.717) is 27.5 Å². The second kappa shape index (κ2) is 7.00. The van der Waals surface area contributed by atoms with E-state index in [2.05, 4.69) is 21.2 Å². The van der Waals surface area contributed by atoms with Crippen molar-refractivity contribution in [2.45, 2.75) is 6.54 Å². The van der Waals surface area contributed by atoms with Crippen molar-refractivity contribution in [1.29, 1.82) is 0 Å². The Bertz CT molecular complexity index is 652. The average molecular weight is 375 g/mol. The molecule has 2 aromatic rings. The summed E-state index contributed by atoms with van der Waals surface area (Å²) in [5.41, 5.74) is 1.51. The van der Waals surface area contributed by atoms with Gasteiger partial charge in [0.1, 0.15) is 17.3 Å². The van der Waals surface area contributed by atoms with Crippen LogP contribution < -0.4 is 14.8 Å². The molecule has 0 fully saturated rings. The zero-order valence-corrected chi connectivity index (χ0v) is 13.9. The first kappa shape index (κ1) is 15.9. The number of anilines is 1. The summed E-state index contributed by atoms with van der Waals surface area (Å²) >= 11 is 9.29. The van der Waals surface area contributed by atoms with Crippen molar-refractivity contribution >= 4 is 33.2 Å². The minimum atomic E-state index is -0.296. The Morgan fingerprint density at radius 3 is 2.57 bits per heavy atom. The van der Waals surface area contributed by atoms with Gasteiger partial charge in [0, 0.05) is 18.7 Å². The molecular weight excluding hydrogens is 361 g/mol. The number of ether oxygens (including phenoxy) is 2. The Hall–Kier alpha value is -1.46. The predicted molar refractivity (Wildman–Crippen MR) is 86.0 cm³/mol. The fourth-order valence-electron chi connectivity index (χ4n) is 1.87. The number of halogens is 3. The van der Waals surface area contributed by atoms with Crippen LogP contribution in [0.25, 0.3) is 0 Å². The highest BCUT2D eigenvalue weighted by atomic mass is 79.9. The lowest BCUT2D eigenvalue weighted by molar-refractivity contribution is 0.404. The van der Waals surface area contributed by atoms with E-state index in [-0.39, 0.29) is 5.82 Å². The Morgan fingerprint density at radius 2 is 1.90 bits per heavy atom. The number of benzene rings is 2. The van der Waals surface area contributed by atoms with E-state index in [9.17, 15) is 4.39 Å². The summed E-state index contributed by atoms with van der Waals surface area (Å²) in [7, 11) is 3.10. The van der Waals surface area contributed by atoms with E-state index in [4.69, 9.17) is 21.1 Å². The molecule has 0 aliphatic carbocycles. The molecule has 0 atom stereocenters. The highest BCUT2D eigenvalue weighted by Gasteiger charge is 2.11. The minimum absolute atomic E-state index is 0.296. The molecule has 112 valence electrons. The standard InChI is InChI=1S/C15H14BrClFNO2/c1-20-13-7-12(14(21-2)6-10(13)17)19-8-9-4-3-5-11(18)15(9)16/h3-7,19H,8H2,1-2H3. The van der Waals surface area contributed by atoms with Gasteiger partial charge in [-0.15, -0.1) is 0 Å². The fraction of sp³-hybridized carbons (Fsp3) is 0.200. The van der Waals surface area contributed by atoms with Crippen molar-refractivity contribution in [3.8, 4) is 11.5 Å². The molecule has 1 N–H and O–H groups in total. The van der Waals surface area contributed by atoms with E-state index in [1.807, 2.05) is 6.07 Å². The van der Waals surface area contributed by atoms with Crippen molar-refractivity contribution in [3.63, 3.8) is 0 Å². The van der Waals surface area contributed by atoms with Gasteiger partial charge >= 0.3 is 0 Å². The van der Waals surface area contributed by atoms with Crippen molar-refractivity contribution < 1.29 is 13.9 Å². The second-order valence-corrected chi connectivity index (χ2v) is 5.45. The Kier molecular flexibility index (Phi) is 5.31. The maximum atomic E-state index is 13.5. The molecule has 3 nitrogen and oxygen atoms in total. The maximum absolute atomic E-state index is 13.5. The number of rotatable bonds is 5. The molecule has 0 bridgehead atoms. The summed E-state index contributed by atoms with van der Waals surface area (Å²) in [5, 5.41) is 3.65. The van der Waals surface area contributed by atoms with Crippen LogP contribution in [0.3, 0.4) is 0 Å². The number of hydrogen-bond donors (Lipinski definition) is 1. The van der Waals surface area contributed by atoms with Crippen LogP contribution in [0.2, 0.25) is 5.02 Å². The molecule has 2 rings (SSSR count). The molecule has 2 aromatic carbocycles. The maximum Gasteiger partial charge on any atom is 0.143 e. The molecule has 21 heavy (non-hydrogen) atoms. The lowest BCUT2D eigenvalue weighted by atomic mass is 10.2. The van der Waals surface area contributed by atoms with Gasteiger partial charge < -0.3 is 14.8 Å². The Balaban J connectivity index is 2.25. The average Bonchev–Trinajstić information content (AvgIpc) is 2.49. The van der Waals surface area contributed by atoms with Crippen LogP contribution in [0.4, 0.5) is 10.1 Å². The summed E-state index contributed by atoms with van der Waals surface area (Å²) in [5.74, 6) is 0.835. The van der Waals surface area contributed by atoms with Gasteiger partial charge in [0.05, 0.1) is 29.4 Å². The zero-order valence-electron chi connectivity index (χ0n) is 11.5. The molecule has 0 radical (unpaired) electrons. The van der Waals surface area contributed by atoms with Crippen molar-refractivity contribution in [1.82, 2.24) is 0 Å². The van der Waals surface area contributed by atoms with Crippen molar-refractivity contribution in [3.05, 3.63) is 51.2 Å². The van der Waals surface area contributed by atoms with Gasteiger partial charge in [-0.1, -0.05) is 23.7 Å². The Morgan fingerprint density at radius 1 is 1.19 bits per heavy atom. The first-order chi connectivity index (χ1) is 10.1. The van der Waals surface area contributed by atoms with Crippen LogP contribution in [0.1, 0.15) is 5.56 Å². The van der Waals surface area contributed by atoms with Gasteiger partial charge in [-0.25, -0.2) is 4.39 Å².